The van der Waals surface area contributed by atoms with E-state index < -0.39 is 37.0 Å². The molecule has 0 aromatic carbocycles. The van der Waals surface area contributed by atoms with Crippen LogP contribution in [0.2, 0.25) is 0 Å². The number of aliphatic hydroxyl groups is 3. The van der Waals surface area contributed by atoms with Crippen LogP contribution in [0, 0.1) is 23.7 Å². The number of allylic oxidation sites excluding steroid dienone is 4. The van der Waals surface area contributed by atoms with Gasteiger partial charge in [0.25, 0.3) is 0 Å². The van der Waals surface area contributed by atoms with Gasteiger partial charge in [0.2, 0.25) is 0 Å². The van der Waals surface area contributed by atoms with E-state index in [1.165, 1.54) is 25.7 Å². The smallest absolute Gasteiger partial charge is 0.189 e. The van der Waals surface area contributed by atoms with E-state index in [9.17, 15) is 15.3 Å². The minimum atomic E-state index is -1.28. The molecule has 2 heterocycles. The number of hydrogen-bond acceptors (Lipinski definition) is 6. The van der Waals surface area contributed by atoms with E-state index in [1.807, 2.05) is 0 Å². The van der Waals surface area contributed by atoms with Gasteiger partial charge in [-0.1, -0.05) is 43.1 Å². The predicted molar refractivity (Wildman–Crippen MR) is 117 cm³/mol. The summed E-state index contributed by atoms with van der Waals surface area (Å²) in [6.45, 7) is 7.16. The minimum absolute atomic E-state index is 0.158. The Hall–Kier alpha value is -0.760. The molecule has 10 atom stereocenters. The largest absolute Gasteiger partial charge is 0.387 e. The maximum atomic E-state index is 10.1. The number of fused-ring (bicyclic) bond motifs is 3. The van der Waals surface area contributed by atoms with Crippen LogP contribution in [0.3, 0.4) is 0 Å². The summed E-state index contributed by atoms with van der Waals surface area (Å²) in [5, 5.41) is 30.1. The third-order valence-electron chi connectivity index (χ3n) is 8.06. The molecule has 3 N–H and O–H groups in total. The van der Waals surface area contributed by atoms with Crippen LogP contribution in [0.25, 0.3) is 0 Å². The second kappa shape index (κ2) is 10.0. The van der Waals surface area contributed by atoms with E-state index in [2.05, 4.69) is 32.9 Å². The standard InChI is InChI=1S/C25H40O6/c1-14-8-10-17-16(3)9-11-18(19(17)12-14)15(2)6-4-5-7-21-29-13-20-22(26)23(27)24(28)25(30-20)31-21/h9,12,15,17-28H,4-8,10-11,13H2,1-3H3/t15?,17-,18+,19-,20?,21?,22-,23+,24-,25?/m1/s1. The van der Waals surface area contributed by atoms with Gasteiger partial charge in [-0.25, -0.2) is 0 Å². The molecule has 4 rings (SSSR count). The van der Waals surface area contributed by atoms with Gasteiger partial charge in [-0.15, -0.1) is 0 Å². The van der Waals surface area contributed by atoms with Gasteiger partial charge in [-0.2, -0.15) is 0 Å². The van der Waals surface area contributed by atoms with Crippen LogP contribution < -0.4 is 0 Å². The Morgan fingerprint density at radius 2 is 1.87 bits per heavy atom. The van der Waals surface area contributed by atoms with Gasteiger partial charge in [-0.05, 0) is 69.6 Å². The first-order valence-corrected chi connectivity index (χ1v) is 12.2. The van der Waals surface area contributed by atoms with Crippen molar-refractivity contribution in [3.8, 4) is 0 Å². The zero-order valence-corrected chi connectivity index (χ0v) is 19.2. The first-order valence-electron chi connectivity index (χ1n) is 12.2. The summed E-state index contributed by atoms with van der Waals surface area (Å²) < 4.78 is 17.1. The highest BCUT2D eigenvalue weighted by molar-refractivity contribution is 5.21. The van der Waals surface area contributed by atoms with Crippen molar-refractivity contribution in [2.24, 2.45) is 23.7 Å². The molecule has 0 radical (unpaired) electrons. The van der Waals surface area contributed by atoms with Crippen molar-refractivity contribution in [1.82, 2.24) is 0 Å². The number of rotatable bonds is 6. The Bertz CT molecular complexity index is 673. The van der Waals surface area contributed by atoms with Gasteiger partial charge < -0.3 is 29.5 Å². The third-order valence-corrected chi connectivity index (χ3v) is 8.06. The SMILES string of the molecule is CC1=C[C@@H]2[C@H](CC1)C(C)=CC[C@H]2C(C)CCCCC1OCC2OC(O1)[C@H](O)[C@@H](O)[C@@H]2O. The Morgan fingerprint density at radius 3 is 2.68 bits per heavy atom. The number of ether oxygens (including phenoxy) is 3. The normalized spacial score (nSPS) is 44.0. The molecule has 2 saturated heterocycles. The van der Waals surface area contributed by atoms with Crippen LogP contribution >= 0.6 is 0 Å². The van der Waals surface area contributed by atoms with E-state index in [0.29, 0.717) is 18.3 Å². The topological polar surface area (TPSA) is 88.4 Å². The fourth-order valence-corrected chi connectivity index (χ4v) is 6.00. The molecule has 0 aromatic heterocycles. The van der Waals surface area contributed by atoms with Crippen molar-refractivity contribution in [3.63, 3.8) is 0 Å². The number of unbranched alkanes of at least 4 members (excludes halogenated alkanes) is 1. The minimum Gasteiger partial charge on any atom is -0.387 e. The lowest BCUT2D eigenvalue weighted by molar-refractivity contribution is -0.300. The molecule has 2 aliphatic heterocycles. The summed E-state index contributed by atoms with van der Waals surface area (Å²) in [6, 6.07) is 0. The maximum Gasteiger partial charge on any atom is 0.189 e. The third kappa shape index (κ3) is 5.10. The molecule has 176 valence electrons. The molecule has 2 fully saturated rings. The van der Waals surface area contributed by atoms with Gasteiger partial charge in [0.05, 0.1) is 6.61 Å². The molecule has 0 spiro atoms. The Balaban J connectivity index is 1.25. The molecular formula is C25H40O6. The van der Waals surface area contributed by atoms with Gasteiger partial charge in [0.1, 0.15) is 24.4 Å². The zero-order chi connectivity index (χ0) is 22.1. The van der Waals surface area contributed by atoms with E-state index in [-0.39, 0.29) is 6.61 Å². The summed E-state index contributed by atoms with van der Waals surface area (Å²) in [5.41, 5.74) is 3.14. The number of hydrogen-bond donors (Lipinski definition) is 3. The fraction of sp³-hybridized carbons (Fsp3) is 0.840. The molecular weight excluding hydrogens is 396 g/mol. The van der Waals surface area contributed by atoms with Gasteiger partial charge >= 0.3 is 0 Å². The Kier molecular flexibility index (Phi) is 7.56. The zero-order valence-electron chi connectivity index (χ0n) is 19.2. The van der Waals surface area contributed by atoms with Crippen LogP contribution in [-0.4, -0.2) is 58.9 Å². The van der Waals surface area contributed by atoms with Crippen molar-refractivity contribution in [2.45, 2.75) is 103 Å². The van der Waals surface area contributed by atoms with Crippen molar-refractivity contribution >= 4 is 0 Å². The van der Waals surface area contributed by atoms with Gasteiger partial charge in [0, 0.05) is 0 Å². The molecule has 6 heteroatoms. The molecule has 6 nitrogen and oxygen atoms in total. The van der Waals surface area contributed by atoms with Crippen molar-refractivity contribution < 1.29 is 29.5 Å². The van der Waals surface area contributed by atoms with Crippen molar-refractivity contribution in [2.75, 3.05) is 6.61 Å². The summed E-state index contributed by atoms with van der Waals surface area (Å²) in [7, 11) is 0. The molecule has 4 aliphatic rings. The van der Waals surface area contributed by atoms with Crippen LogP contribution in [0.1, 0.15) is 65.7 Å². The van der Waals surface area contributed by atoms with E-state index in [0.717, 1.165) is 24.7 Å². The van der Waals surface area contributed by atoms with Crippen LogP contribution in [0.15, 0.2) is 23.3 Å². The summed E-state index contributed by atoms with van der Waals surface area (Å²) in [5.74, 6) is 2.82. The lowest BCUT2D eigenvalue weighted by Gasteiger charge is -2.42. The van der Waals surface area contributed by atoms with Crippen molar-refractivity contribution in [3.05, 3.63) is 23.3 Å². The monoisotopic (exact) mass is 436 g/mol. The molecule has 2 bridgehead atoms. The molecule has 0 saturated carbocycles. The second-order valence-electron chi connectivity index (χ2n) is 10.3. The molecule has 0 aromatic rings. The lowest BCUT2D eigenvalue weighted by atomic mass is 9.63. The Morgan fingerprint density at radius 1 is 1.06 bits per heavy atom. The van der Waals surface area contributed by atoms with E-state index in [1.54, 1.807) is 11.1 Å². The summed E-state index contributed by atoms with van der Waals surface area (Å²) >= 11 is 0. The average molecular weight is 437 g/mol. The summed E-state index contributed by atoms with van der Waals surface area (Å²) in [6.07, 6.45) is 6.94. The lowest BCUT2D eigenvalue weighted by Crippen LogP contribution is -2.58. The predicted octanol–water partition coefficient (Wildman–Crippen LogP) is 3.30. The Labute approximate surface area is 186 Å². The van der Waals surface area contributed by atoms with Crippen LogP contribution in [0.5, 0.6) is 0 Å². The summed E-state index contributed by atoms with van der Waals surface area (Å²) in [4.78, 5) is 0. The second-order valence-corrected chi connectivity index (χ2v) is 10.3. The highest BCUT2D eigenvalue weighted by Gasteiger charge is 2.47. The quantitative estimate of drug-likeness (QED) is 0.437. The van der Waals surface area contributed by atoms with Gasteiger partial charge in [0.15, 0.2) is 12.6 Å². The van der Waals surface area contributed by atoms with Crippen molar-refractivity contribution in [1.29, 1.82) is 0 Å². The molecule has 2 aliphatic carbocycles. The van der Waals surface area contributed by atoms with Crippen LogP contribution in [-0.2, 0) is 14.2 Å². The first-order chi connectivity index (χ1) is 14.8. The van der Waals surface area contributed by atoms with E-state index in [4.69, 9.17) is 14.2 Å². The molecule has 31 heavy (non-hydrogen) atoms. The van der Waals surface area contributed by atoms with E-state index >= 15 is 0 Å². The maximum absolute atomic E-state index is 10.1. The average Bonchev–Trinajstić information content (AvgIpc) is 2.95. The molecule has 0 amide bonds. The first kappa shape index (κ1) is 23.4. The number of aliphatic hydroxyl groups excluding tert-OH is 3. The van der Waals surface area contributed by atoms with Crippen LogP contribution in [0.4, 0.5) is 0 Å². The fourth-order valence-electron chi connectivity index (χ4n) is 6.00. The highest BCUT2D eigenvalue weighted by atomic mass is 16.8. The molecule has 4 unspecified atom stereocenters. The van der Waals surface area contributed by atoms with Gasteiger partial charge in [-0.3, -0.25) is 0 Å². The highest BCUT2D eigenvalue weighted by Crippen LogP contribution is 2.46.